The van der Waals surface area contributed by atoms with E-state index >= 15 is 0 Å². The zero-order valence-corrected chi connectivity index (χ0v) is 12.9. The van der Waals surface area contributed by atoms with Crippen molar-refractivity contribution in [3.63, 3.8) is 0 Å². The number of aryl methyl sites for hydroxylation is 1. The Kier molecular flexibility index (Phi) is 5.76. The summed E-state index contributed by atoms with van der Waals surface area (Å²) in [6, 6.07) is 8.54. The maximum atomic E-state index is 11.4. The van der Waals surface area contributed by atoms with Gasteiger partial charge in [-0.2, -0.15) is 0 Å². The summed E-state index contributed by atoms with van der Waals surface area (Å²) >= 11 is 0. The number of aliphatic hydroxyl groups is 1. The zero-order chi connectivity index (χ0) is 15.2. The molecule has 0 unspecified atom stereocenters. The zero-order valence-electron chi connectivity index (χ0n) is 12.9. The van der Waals surface area contributed by atoms with Gasteiger partial charge in [0.15, 0.2) is 6.10 Å². The van der Waals surface area contributed by atoms with Crippen molar-refractivity contribution in [1.29, 1.82) is 0 Å². The fourth-order valence-electron chi connectivity index (χ4n) is 3.04. The number of hydrogen-bond acceptors (Lipinski definition) is 4. The molecule has 116 valence electrons. The second kappa shape index (κ2) is 7.57. The lowest BCUT2D eigenvalue weighted by Crippen LogP contribution is -2.40. The monoisotopic (exact) mass is 291 g/mol. The number of piperidine rings is 1. The maximum absolute atomic E-state index is 11.4. The van der Waals surface area contributed by atoms with Crippen LogP contribution in [0.2, 0.25) is 0 Å². The average molecular weight is 291 g/mol. The molecule has 1 fully saturated rings. The molecule has 1 heterocycles. The topological polar surface area (TPSA) is 49.8 Å². The smallest absolute Gasteiger partial charge is 0.334 e. The lowest BCUT2D eigenvalue weighted by Gasteiger charge is -2.33. The Bertz CT molecular complexity index is 467. The molecule has 1 aromatic carbocycles. The van der Waals surface area contributed by atoms with E-state index in [1.165, 1.54) is 18.2 Å². The number of esters is 1. The minimum atomic E-state index is -0.972. The van der Waals surface area contributed by atoms with Crippen LogP contribution in [0.5, 0.6) is 0 Å². The first-order valence-corrected chi connectivity index (χ1v) is 7.70. The van der Waals surface area contributed by atoms with Crippen molar-refractivity contribution >= 4 is 5.97 Å². The predicted molar refractivity (Wildman–Crippen MR) is 81.8 cm³/mol. The summed E-state index contributed by atoms with van der Waals surface area (Å²) in [7, 11) is 1.32. The molecule has 0 bridgehead atoms. The Morgan fingerprint density at radius 2 is 1.95 bits per heavy atom. The van der Waals surface area contributed by atoms with Gasteiger partial charge in [-0.25, -0.2) is 4.79 Å². The molecule has 4 heteroatoms. The highest BCUT2D eigenvalue weighted by Gasteiger charge is 2.30. The molecular weight excluding hydrogens is 266 g/mol. The minimum Gasteiger partial charge on any atom is -0.467 e. The van der Waals surface area contributed by atoms with Crippen molar-refractivity contribution in [3.05, 3.63) is 35.4 Å². The third-order valence-electron chi connectivity index (χ3n) is 4.41. The molecule has 0 spiro atoms. The van der Waals surface area contributed by atoms with Crippen LogP contribution in [0.15, 0.2) is 24.3 Å². The van der Waals surface area contributed by atoms with Gasteiger partial charge < -0.3 is 9.84 Å². The Morgan fingerprint density at radius 1 is 1.33 bits per heavy atom. The fourth-order valence-corrected chi connectivity index (χ4v) is 3.04. The normalized spacial score (nSPS) is 18.4. The predicted octanol–water partition coefficient (Wildman–Crippen LogP) is 1.99. The van der Waals surface area contributed by atoms with Crippen LogP contribution < -0.4 is 0 Å². The summed E-state index contributed by atoms with van der Waals surface area (Å²) in [5.74, 6) is -0.486. The van der Waals surface area contributed by atoms with Gasteiger partial charge >= 0.3 is 5.97 Å². The number of likely N-dealkylation sites (tertiary alicyclic amines) is 1. The van der Waals surface area contributed by atoms with E-state index in [1.54, 1.807) is 0 Å². The van der Waals surface area contributed by atoms with E-state index < -0.39 is 12.1 Å². The molecule has 0 aliphatic carbocycles. The van der Waals surface area contributed by atoms with Gasteiger partial charge in [0.25, 0.3) is 0 Å². The Hall–Kier alpha value is -1.39. The van der Waals surface area contributed by atoms with Crippen molar-refractivity contribution in [3.8, 4) is 0 Å². The Balaban J connectivity index is 1.88. The fraction of sp³-hybridized carbons (Fsp3) is 0.588. The Morgan fingerprint density at radius 3 is 2.52 bits per heavy atom. The molecule has 1 saturated heterocycles. The molecule has 1 aliphatic rings. The lowest BCUT2D eigenvalue weighted by molar-refractivity contribution is -0.154. The first-order valence-electron chi connectivity index (χ1n) is 7.70. The molecule has 0 saturated carbocycles. The Labute approximate surface area is 126 Å². The molecule has 4 nitrogen and oxygen atoms in total. The van der Waals surface area contributed by atoms with Gasteiger partial charge in [-0.1, -0.05) is 31.2 Å². The van der Waals surface area contributed by atoms with Crippen LogP contribution >= 0.6 is 0 Å². The summed E-state index contributed by atoms with van der Waals surface area (Å²) in [5.41, 5.74) is 2.78. The number of aliphatic hydroxyl groups excluding tert-OH is 1. The van der Waals surface area contributed by atoms with Gasteiger partial charge in [-0.15, -0.1) is 0 Å². The summed E-state index contributed by atoms with van der Waals surface area (Å²) in [6.07, 6.45) is 1.75. The number of nitrogens with zero attached hydrogens (tertiary/aromatic N) is 1. The van der Waals surface area contributed by atoms with E-state index in [4.69, 9.17) is 0 Å². The maximum Gasteiger partial charge on any atom is 0.334 e. The number of carbonyl (C=O) groups excluding carboxylic acids is 1. The molecule has 1 N–H and O–H groups in total. The van der Waals surface area contributed by atoms with Gasteiger partial charge in [-0.3, -0.25) is 4.90 Å². The van der Waals surface area contributed by atoms with E-state index in [0.29, 0.717) is 0 Å². The minimum absolute atomic E-state index is 0.0233. The molecule has 1 atom stereocenters. The summed E-state index contributed by atoms with van der Waals surface area (Å²) in [4.78, 5) is 13.8. The molecule has 0 aromatic heterocycles. The van der Waals surface area contributed by atoms with Crippen LogP contribution in [0.3, 0.4) is 0 Å². The third kappa shape index (κ3) is 4.05. The van der Waals surface area contributed by atoms with Crippen LogP contribution in [-0.2, 0) is 22.5 Å². The van der Waals surface area contributed by atoms with Crippen molar-refractivity contribution in [1.82, 2.24) is 4.90 Å². The summed E-state index contributed by atoms with van der Waals surface area (Å²) in [6.45, 7) is 4.95. The van der Waals surface area contributed by atoms with Crippen molar-refractivity contribution < 1.29 is 14.6 Å². The highest BCUT2D eigenvalue weighted by molar-refractivity contribution is 5.74. The lowest BCUT2D eigenvalue weighted by atomic mass is 9.91. The van der Waals surface area contributed by atoms with Crippen molar-refractivity contribution in [2.24, 2.45) is 5.92 Å². The largest absolute Gasteiger partial charge is 0.467 e. The van der Waals surface area contributed by atoms with Crippen LogP contribution in [0.1, 0.15) is 30.9 Å². The molecule has 0 radical (unpaired) electrons. The van der Waals surface area contributed by atoms with E-state index in [-0.39, 0.29) is 5.92 Å². The standard InChI is InChI=1S/C17H25NO3/c1-3-13-6-4-5-7-15(13)12-18-10-8-14(9-11-18)16(19)17(20)21-2/h4-7,14,16,19H,3,8-12H2,1-2H3/t16-/m1/s1. The van der Waals surface area contributed by atoms with E-state index in [1.807, 2.05) is 0 Å². The molecule has 21 heavy (non-hydrogen) atoms. The van der Waals surface area contributed by atoms with Gasteiger partial charge in [0.2, 0.25) is 0 Å². The SMILES string of the molecule is CCc1ccccc1CN1CCC([C@@H](O)C(=O)OC)CC1. The number of benzene rings is 1. The van der Waals surface area contributed by atoms with Gasteiger partial charge in [-0.05, 0) is 49.4 Å². The second-order valence-corrected chi connectivity index (χ2v) is 5.70. The molecule has 1 aliphatic heterocycles. The van der Waals surface area contributed by atoms with Crippen molar-refractivity contribution in [2.75, 3.05) is 20.2 Å². The first kappa shape index (κ1) is 16.0. The molecular formula is C17H25NO3. The van der Waals surface area contributed by atoms with Crippen molar-refractivity contribution in [2.45, 2.75) is 38.8 Å². The second-order valence-electron chi connectivity index (χ2n) is 5.70. The number of methoxy groups -OCH3 is 1. The van der Waals surface area contributed by atoms with E-state index in [2.05, 4.69) is 40.8 Å². The van der Waals surface area contributed by atoms with Crippen LogP contribution in [-0.4, -0.2) is 42.3 Å². The number of hydrogen-bond donors (Lipinski definition) is 1. The van der Waals surface area contributed by atoms with E-state index in [9.17, 15) is 9.90 Å². The molecule has 1 aromatic rings. The molecule has 2 rings (SSSR count). The summed E-state index contributed by atoms with van der Waals surface area (Å²) in [5, 5.41) is 9.91. The van der Waals surface area contributed by atoms with E-state index in [0.717, 1.165) is 38.9 Å². The van der Waals surface area contributed by atoms with Gasteiger partial charge in [0.05, 0.1) is 7.11 Å². The van der Waals surface area contributed by atoms with Crippen LogP contribution in [0.25, 0.3) is 0 Å². The highest BCUT2D eigenvalue weighted by Crippen LogP contribution is 2.23. The third-order valence-corrected chi connectivity index (χ3v) is 4.41. The number of carbonyl (C=O) groups is 1. The number of ether oxygens (including phenoxy) is 1. The van der Waals surface area contributed by atoms with Crippen LogP contribution in [0.4, 0.5) is 0 Å². The summed E-state index contributed by atoms with van der Waals surface area (Å²) < 4.78 is 4.62. The van der Waals surface area contributed by atoms with Crippen LogP contribution in [0, 0.1) is 5.92 Å². The quantitative estimate of drug-likeness (QED) is 0.843. The number of rotatable bonds is 5. The van der Waals surface area contributed by atoms with Gasteiger partial charge in [0.1, 0.15) is 0 Å². The highest BCUT2D eigenvalue weighted by atomic mass is 16.5. The average Bonchev–Trinajstić information content (AvgIpc) is 2.54. The first-order chi connectivity index (χ1) is 10.2. The van der Waals surface area contributed by atoms with Gasteiger partial charge in [0, 0.05) is 6.54 Å². The molecule has 0 amide bonds.